The van der Waals surface area contributed by atoms with Gasteiger partial charge in [0.05, 0.1) is 6.20 Å². The third-order valence-corrected chi connectivity index (χ3v) is 7.46. The van der Waals surface area contributed by atoms with Crippen molar-refractivity contribution in [3.05, 3.63) is 47.7 Å². The van der Waals surface area contributed by atoms with Gasteiger partial charge in [0, 0.05) is 45.3 Å². The smallest absolute Gasteiger partial charge is 0.246 e. The lowest BCUT2D eigenvalue weighted by Crippen LogP contribution is -2.44. The Bertz CT molecular complexity index is 1270. The van der Waals surface area contributed by atoms with Crippen molar-refractivity contribution in [3.8, 4) is 0 Å². The molecule has 0 bridgehead atoms. The first-order valence-electron chi connectivity index (χ1n) is 13.9. The molecule has 1 amide bonds. The van der Waals surface area contributed by atoms with Gasteiger partial charge in [0.2, 0.25) is 17.8 Å². The number of anilines is 2. The van der Waals surface area contributed by atoms with Crippen molar-refractivity contribution in [1.82, 2.24) is 24.5 Å². The van der Waals surface area contributed by atoms with E-state index in [1.165, 1.54) is 11.6 Å². The topological polar surface area (TPSA) is 114 Å². The van der Waals surface area contributed by atoms with Gasteiger partial charge < -0.3 is 20.3 Å². The van der Waals surface area contributed by atoms with Crippen LogP contribution >= 0.6 is 0 Å². The maximum atomic E-state index is 13.2. The molecule has 2 heterocycles. The Morgan fingerprint density at radius 2 is 2.08 bits per heavy atom. The molecule has 0 unspecified atom stereocenters. The Balaban J connectivity index is 1.45. The number of allylic oxidation sites excluding steroid dienone is 3. The first-order chi connectivity index (χ1) is 18.8. The Labute approximate surface area is 230 Å². The van der Waals surface area contributed by atoms with Crippen LogP contribution in [0, 0.1) is 0 Å². The number of aromatic nitrogens is 4. The fraction of sp³-hybridized carbons (Fsp3) is 0.552. The third kappa shape index (κ3) is 6.55. The predicted octanol–water partition coefficient (Wildman–Crippen LogP) is 4.28. The number of amides is 1. The Hall–Kier alpha value is -3.53. The number of Topliss-reactive ketones (excluding diaryl/α,β-unsaturated/α-hetero) is 1. The van der Waals surface area contributed by atoms with E-state index in [9.17, 15) is 9.59 Å². The van der Waals surface area contributed by atoms with E-state index in [4.69, 9.17) is 14.7 Å². The van der Waals surface area contributed by atoms with Gasteiger partial charge in [-0.2, -0.15) is 19.6 Å². The van der Waals surface area contributed by atoms with Crippen molar-refractivity contribution < 1.29 is 14.3 Å². The Morgan fingerprint density at radius 1 is 1.28 bits per heavy atom. The number of rotatable bonds is 15. The van der Waals surface area contributed by atoms with Crippen LogP contribution < -0.4 is 10.6 Å². The van der Waals surface area contributed by atoms with Gasteiger partial charge in [-0.15, -0.1) is 0 Å². The van der Waals surface area contributed by atoms with Gasteiger partial charge in [-0.3, -0.25) is 9.59 Å². The first kappa shape index (κ1) is 28.5. The molecule has 1 fully saturated rings. The standard InChI is InChI=1S/C29H41N7O3/c1-6-25(38)35(5)29(12-13-29)24(37)17-21-10-8-11-22(16-21)18-31-28-34-27(30-14-9-15-39-7-2)33-26-23(20(3)4)19-32-36(26)28/h6,10,16,19-20H,1,7-9,11-15,17-18H2,2-5H3,(H2,30,31,33,34). The maximum Gasteiger partial charge on any atom is 0.246 e. The van der Waals surface area contributed by atoms with Gasteiger partial charge >= 0.3 is 0 Å². The molecule has 2 aromatic rings. The minimum absolute atomic E-state index is 0.0900. The SMILES string of the molecule is C=CC(=O)N(C)C1(C(=O)CC2=CCCC(CNc3nc(NCCCOCC)nc4c(C(C)C)cnn34)=C2)CC1. The molecular formula is C29H41N7O3. The maximum absolute atomic E-state index is 13.2. The molecule has 0 radical (unpaired) electrons. The monoisotopic (exact) mass is 535 g/mol. The average molecular weight is 536 g/mol. The molecule has 210 valence electrons. The van der Waals surface area contributed by atoms with E-state index in [1.54, 1.807) is 16.5 Å². The largest absolute Gasteiger partial charge is 0.382 e. The molecule has 0 aromatic carbocycles. The van der Waals surface area contributed by atoms with Crippen molar-refractivity contribution in [3.63, 3.8) is 0 Å². The zero-order chi connectivity index (χ0) is 28.0. The first-order valence-corrected chi connectivity index (χ1v) is 13.9. The molecular weight excluding hydrogens is 494 g/mol. The summed E-state index contributed by atoms with van der Waals surface area (Å²) in [4.78, 5) is 36.3. The number of likely N-dealkylation sites (N-methyl/N-ethyl adjacent to an activating group) is 1. The summed E-state index contributed by atoms with van der Waals surface area (Å²) >= 11 is 0. The van der Waals surface area contributed by atoms with Gasteiger partial charge in [0.1, 0.15) is 5.54 Å². The molecule has 2 aliphatic rings. The zero-order valence-electron chi connectivity index (χ0n) is 23.6. The lowest BCUT2D eigenvalue weighted by Gasteiger charge is -2.26. The summed E-state index contributed by atoms with van der Waals surface area (Å²) in [6.45, 7) is 12.5. The van der Waals surface area contributed by atoms with Crippen molar-refractivity contribution in [2.75, 3.05) is 44.0 Å². The second-order valence-electron chi connectivity index (χ2n) is 10.5. The van der Waals surface area contributed by atoms with Crippen LogP contribution in [0.5, 0.6) is 0 Å². The predicted molar refractivity (Wildman–Crippen MR) is 153 cm³/mol. The zero-order valence-corrected chi connectivity index (χ0v) is 23.6. The highest BCUT2D eigenvalue weighted by Crippen LogP contribution is 2.43. The number of fused-ring (bicyclic) bond motifs is 1. The Kier molecular flexibility index (Phi) is 9.16. The summed E-state index contributed by atoms with van der Waals surface area (Å²) in [7, 11) is 1.69. The molecule has 10 heteroatoms. The van der Waals surface area contributed by atoms with Gasteiger partial charge in [-0.25, -0.2) is 0 Å². The minimum atomic E-state index is -0.678. The number of ketones is 1. The highest BCUT2D eigenvalue weighted by atomic mass is 16.5. The third-order valence-electron chi connectivity index (χ3n) is 7.46. The number of ether oxygens (including phenoxy) is 1. The molecule has 2 aromatic heterocycles. The van der Waals surface area contributed by atoms with Gasteiger partial charge in [0.15, 0.2) is 11.4 Å². The van der Waals surface area contributed by atoms with Crippen molar-refractivity contribution in [2.45, 2.75) is 70.8 Å². The van der Waals surface area contributed by atoms with E-state index in [1.807, 2.05) is 13.1 Å². The van der Waals surface area contributed by atoms with Gasteiger partial charge in [-0.1, -0.05) is 38.2 Å². The fourth-order valence-electron chi connectivity index (χ4n) is 4.92. The molecule has 4 rings (SSSR count). The summed E-state index contributed by atoms with van der Waals surface area (Å²) in [6, 6.07) is 0. The normalized spacial score (nSPS) is 16.0. The van der Waals surface area contributed by atoms with Crippen molar-refractivity contribution >= 4 is 29.2 Å². The van der Waals surface area contributed by atoms with Crippen molar-refractivity contribution in [1.29, 1.82) is 0 Å². The van der Waals surface area contributed by atoms with Crippen LogP contribution in [0.3, 0.4) is 0 Å². The average Bonchev–Trinajstić information content (AvgIpc) is 3.63. The molecule has 0 saturated heterocycles. The number of nitrogens with one attached hydrogen (secondary N) is 2. The van der Waals surface area contributed by atoms with Crippen LogP contribution in [0.15, 0.2) is 42.2 Å². The van der Waals surface area contributed by atoms with Crippen molar-refractivity contribution in [2.24, 2.45) is 0 Å². The highest BCUT2D eigenvalue weighted by molar-refractivity contribution is 5.99. The molecule has 0 aliphatic heterocycles. The van der Waals surface area contributed by atoms with Crippen LogP contribution in [0.4, 0.5) is 11.9 Å². The van der Waals surface area contributed by atoms with E-state index in [0.29, 0.717) is 57.5 Å². The number of carbonyl (C=O) groups excluding carboxylic acids is 2. The van der Waals surface area contributed by atoms with E-state index >= 15 is 0 Å². The van der Waals surface area contributed by atoms with E-state index in [-0.39, 0.29) is 17.6 Å². The van der Waals surface area contributed by atoms with Gasteiger partial charge in [0.25, 0.3) is 0 Å². The molecule has 2 aliphatic carbocycles. The molecule has 39 heavy (non-hydrogen) atoms. The lowest BCUT2D eigenvalue weighted by atomic mass is 9.93. The number of nitrogens with zero attached hydrogens (tertiary/aromatic N) is 5. The minimum Gasteiger partial charge on any atom is -0.382 e. The van der Waals surface area contributed by atoms with Crippen LogP contribution in [0.2, 0.25) is 0 Å². The molecule has 0 atom stereocenters. The number of hydrogen-bond acceptors (Lipinski definition) is 8. The molecule has 0 spiro atoms. The summed E-state index contributed by atoms with van der Waals surface area (Å²) in [6.07, 6.45) is 11.7. The van der Waals surface area contributed by atoms with Crippen LogP contribution in [-0.4, -0.2) is 75.1 Å². The second kappa shape index (κ2) is 12.5. The Morgan fingerprint density at radius 3 is 2.77 bits per heavy atom. The highest BCUT2D eigenvalue weighted by Gasteiger charge is 2.53. The second-order valence-corrected chi connectivity index (χ2v) is 10.5. The molecule has 10 nitrogen and oxygen atoms in total. The number of hydrogen-bond donors (Lipinski definition) is 2. The summed E-state index contributed by atoms with van der Waals surface area (Å²) in [5, 5.41) is 11.3. The summed E-state index contributed by atoms with van der Waals surface area (Å²) in [5.74, 6) is 1.33. The van der Waals surface area contributed by atoms with Crippen LogP contribution in [-0.2, 0) is 14.3 Å². The van der Waals surface area contributed by atoms with E-state index < -0.39 is 5.54 Å². The molecule has 2 N–H and O–H groups in total. The van der Waals surface area contributed by atoms with Gasteiger partial charge in [-0.05, 0) is 56.6 Å². The summed E-state index contributed by atoms with van der Waals surface area (Å²) in [5.41, 5.74) is 3.36. The number of carbonyl (C=O) groups is 2. The lowest BCUT2D eigenvalue weighted by molar-refractivity contribution is -0.135. The fourth-order valence-corrected chi connectivity index (χ4v) is 4.92. The quantitative estimate of drug-likeness (QED) is 0.257. The van der Waals surface area contributed by atoms with E-state index in [0.717, 1.165) is 36.0 Å². The summed E-state index contributed by atoms with van der Waals surface area (Å²) < 4.78 is 7.19. The van der Waals surface area contributed by atoms with Crippen LogP contribution in [0.25, 0.3) is 5.65 Å². The van der Waals surface area contributed by atoms with Crippen LogP contribution in [0.1, 0.15) is 70.8 Å². The molecule has 1 saturated carbocycles. The van der Waals surface area contributed by atoms with E-state index in [2.05, 4.69) is 48.3 Å².